The Morgan fingerprint density at radius 2 is 1.77 bits per heavy atom. The lowest BCUT2D eigenvalue weighted by atomic mass is 10.1. The fourth-order valence-corrected chi connectivity index (χ4v) is 3.11. The van der Waals surface area contributed by atoms with E-state index < -0.39 is 0 Å². The van der Waals surface area contributed by atoms with Crippen LogP contribution in [0.3, 0.4) is 0 Å². The van der Waals surface area contributed by atoms with Crippen LogP contribution in [-0.2, 0) is 0 Å². The fraction of sp³-hybridized carbons (Fsp3) is 0.0952. The predicted octanol–water partition coefficient (Wildman–Crippen LogP) is 5.86. The SMILES string of the molecule is Cc1cc(Oc2ccnc3ccc(Br)cc23)c(-c2ccccn2)nc1C. The molecule has 0 N–H and O–H groups in total. The van der Waals surface area contributed by atoms with E-state index in [1.807, 2.05) is 62.4 Å². The maximum Gasteiger partial charge on any atom is 0.155 e. The summed E-state index contributed by atoms with van der Waals surface area (Å²) in [6.07, 6.45) is 3.51. The van der Waals surface area contributed by atoms with Crippen LogP contribution in [-0.4, -0.2) is 15.0 Å². The van der Waals surface area contributed by atoms with Gasteiger partial charge in [-0.1, -0.05) is 22.0 Å². The molecule has 3 aromatic heterocycles. The molecule has 128 valence electrons. The van der Waals surface area contributed by atoms with E-state index in [-0.39, 0.29) is 0 Å². The van der Waals surface area contributed by atoms with Gasteiger partial charge in [0.15, 0.2) is 5.75 Å². The Bertz CT molecular complexity index is 1100. The number of aryl methyl sites for hydroxylation is 2. The van der Waals surface area contributed by atoms with E-state index in [1.165, 1.54) is 0 Å². The highest BCUT2D eigenvalue weighted by atomic mass is 79.9. The van der Waals surface area contributed by atoms with Gasteiger partial charge in [-0.15, -0.1) is 0 Å². The number of hydrogen-bond acceptors (Lipinski definition) is 4. The average Bonchev–Trinajstić information content (AvgIpc) is 2.65. The monoisotopic (exact) mass is 405 g/mol. The molecule has 4 rings (SSSR count). The second-order valence-corrected chi connectivity index (χ2v) is 6.94. The quantitative estimate of drug-likeness (QED) is 0.427. The zero-order valence-corrected chi connectivity index (χ0v) is 16.0. The maximum atomic E-state index is 6.30. The molecule has 0 unspecified atom stereocenters. The lowest BCUT2D eigenvalue weighted by Gasteiger charge is -2.14. The molecule has 0 amide bonds. The van der Waals surface area contributed by atoms with Gasteiger partial charge < -0.3 is 4.74 Å². The van der Waals surface area contributed by atoms with Crippen LogP contribution in [0.2, 0.25) is 0 Å². The third-order valence-corrected chi connectivity index (χ3v) is 4.72. The standard InChI is InChI=1S/C21H16BrN3O/c1-13-11-20(21(25-14(13)2)18-5-3-4-9-23-18)26-19-8-10-24-17-7-6-15(22)12-16(17)19/h3-12H,1-2H3. The number of nitrogens with zero attached hydrogens (tertiary/aromatic N) is 3. The van der Waals surface area contributed by atoms with Crippen LogP contribution in [0.5, 0.6) is 11.5 Å². The number of ether oxygens (including phenoxy) is 1. The largest absolute Gasteiger partial charge is 0.454 e. The van der Waals surface area contributed by atoms with Crippen molar-refractivity contribution in [3.63, 3.8) is 0 Å². The topological polar surface area (TPSA) is 47.9 Å². The molecule has 5 heteroatoms. The molecular weight excluding hydrogens is 390 g/mol. The van der Waals surface area contributed by atoms with E-state index in [4.69, 9.17) is 9.72 Å². The Hall–Kier alpha value is -2.79. The molecule has 0 spiro atoms. The van der Waals surface area contributed by atoms with Gasteiger partial charge in [-0.25, -0.2) is 4.98 Å². The summed E-state index contributed by atoms with van der Waals surface area (Å²) in [5.74, 6) is 1.41. The van der Waals surface area contributed by atoms with Gasteiger partial charge in [0, 0.05) is 27.9 Å². The van der Waals surface area contributed by atoms with E-state index in [0.717, 1.165) is 43.8 Å². The van der Waals surface area contributed by atoms with Crippen molar-refractivity contribution in [3.05, 3.63) is 76.7 Å². The van der Waals surface area contributed by atoms with Gasteiger partial charge in [-0.2, -0.15) is 0 Å². The highest BCUT2D eigenvalue weighted by Crippen LogP contribution is 2.35. The van der Waals surface area contributed by atoms with Gasteiger partial charge in [0.2, 0.25) is 0 Å². The number of pyridine rings is 3. The van der Waals surface area contributed by atoms with Crippen LogP contribution in [0.1, 0.15) is 11.3 Å². The van der Waals surface area contributed by atoms with Crippen LogP contribution < -0.4 is 4.74 Å². The first-order valence-corrected chi connectivity index (χ1v) is 9.03. The lowest BCUT2D eigenvalue weighted by Crippen LogP contribution is -1.98. The second kappa shape index (κ2) is 6.84. The van der Waals surface area contributed by atoms with E-state index in [2.05, 4.69) is 25.9 Å². The van der Waals surface area contributed by atoms with Crippen LogP contribution >= 0.6 is 15.9 Å². The highest BCUT2D eigenvalue weighted by Gasteiger charge is 2.14. The number of benzene rings is 1. The molecule has 1 aromatic carbocycles. The lowest BCUT2D eigenvalue weighted by molar-refractivity contribution is 0.486. The number of aromatic nitrogens is 3. The highest BCUT2D eigenvalue weighted by molar-refractivity contribution is 9.10. The first-order valence-electron chi connectivity index (χ1n) is 8.23. The third kappa shape index (κ3) is 3.18. The molecule has 3 heterocycles. The van der Waals surface area contributed by atoms with Crippen molar-refractivity contribution < 1.29 is 4.74 Å². The molecule has 26 heavy (non-hydrogen) atoms. The van der Waals surface area contributed by atoms with Crippen LogP contribution in [0.25, 0.3) is 22.3 Å². The summed E-state index contributed by atoms with van der Waals surface area (Å²) in [5.41, 5.74) is 4.42. The Morgan fingerprint density at radius 1 is 0.885 bits per heavy atom. The van der Waals surface area contributed by atoms with Gasteiger partial charge >= 0.3 is 0 Å². The average molecular weight is 406 g/mol. The minimum atomic E-state index is 0.680. The van der Waals surface area contributed by atoms with E-state index in [0.29, 0.717) is 5.75 Å². The van der Waals surface area contributed by atoms with E-state index in [1.54, 1.807) is 12.4 Å². The molecule has 0 atom stereocenters. The molecule has 4 nitrogen and oxygen atoms in total. The number of rotatable bonds is 3. The first-order chi connectivity index (χ1) is 12.6. The van der Waals surface area contributed by atoms with Crippen LogP contribution in [0, 0.1) is 13.8 Å². The van der Waals surface area contributed by atoms with Gasteiger partial charge in [0.05, 0.1) is 11.2 Å². The summed E-state index contributed by atoms with van der Waals surface area (Å²) in [7, 11) is 0. The second-order valence-electron chi connectivity index (χ2n) is 6.03. The zero-order valence-electron chi connectivity index (χ0n) is 14.4. The first kappa shape index (κ1) is 16.7. The summed E-state index contributed by atoms with van der Waals surface area (Å²) in [4.78, 5) is 13.6. The predicted molar refractivity (Wildman–Crippen MR) is 106 cm³/mol. The normalized spacial score (nSPS) is 10.9. The van der Waals surface area contributed by atoms with E-state index >= 15 is 0 Å². The maximum absolute atomic E-state index is 6.30. The van der Waals surface area contributed by atoms with Crippen molar-refractivity contribution in [2.24, 2.45) is 0 Å². The minimum Gasteiger partial charge on any atom is -0.454 e. The molecule has 4 aromatic rings. The zero-order chi connectivity index (χ0) is 18.1. The van der Waals surface area contributed by atoms with Crippen LogP contribution in [0.4, 0.5) is 0 Å². The molecule has 0 fully saturated rings. The Morgan fingerprint density at radius 3 is 2.58 bits per heavy atom. The van der Waals surface area contributed by atoms with Crippen molar-refractivity contribution in [2.45, 2.75) is 13.8 Å². The molecule has 0 saturated carbocycles. The minimum absolute atomic E-state index is 0.680. The van der Waals surface area contributed by atoms with Gasteiger partial charge in [-0.3, -0.25) is 9.97 Å². The van der Waals surface area contributed by atoms with Gasteiger partial charge in [0.1, 0.15) is 11.4 Å². The van der Waals surface area contributed by atoms with Crippen molar-refractivity contribution in [2.75, 3.05) is 0 Å². The third-order valence-electron chi connectivity index (χ3n) is 4.22. The van der Waals surface area contributed by atoms with Crippen LogP contribution in [0.15, 0.2) is 65.4 Å². The van der Waals surface area contributed by atoms with Crippen molar-refractivity contribution in [1.29, 1.82) is 0 Å². The Labute approximate surface area is 160 Å². The molecule has 0 aliphatic rings. The molecule has 0 radical (unpaired) electrons. The summed E-state index contributed by atoms with van der Waals surface area (Å²) in [6.45, 7) is 4.02. The summed E-state index contributed by atoms with van der Waals surface area (Å²) < 4.78 is 7.28. The smallest absolute Gasteiger partial charge is 0.155 e. The van der Waals surface area contributed by atoms with Crippen molar-refractivity contribution >= 4 is 26.8 Å². The molecular formula is C21H16BrN3O. The Kier molecular flexibility index (Phi) is 4.39. The number of hydrogen-bond donors (Lipinski definition) is 0. The van der Waals surface area contributed by atoms with Crippen molar-refractivity contribution in [1.82, 2.24) is 15.0 Å². The summed E-state index contributed by atoms with van der Waals surface area (Å²) in [6, 6.07) is 15.6. The molecule has 0 bridgehead atoms. The summed E-state index contributed by atoms with van der Waals surface area (Å²) >= 11 is 3.52. The molecule has 0 saturated heterocycles. The Balaban J connectivity index is 1.87. The van der Waals surface area contributed by atoms with Gasteiger partial charge in [0.25, 0.3) is 0 Å². The van der Waals surface area contributed by atoms with Gasteiger partial charge in [-0.05, 0) is 61.9 Å². The van der Waals surface area contributed by atoms with E-state index in [9.17, 15) is 0 Å². The fourth-order valence-electron chi connectivity index (χ4n) is 2.75. The molecule has 0 aliphatic carbocycles. The number of halogens is 1. The summed E-state index contributed by atoms with van der Waals surface area (Å²) in [5, 5.41) is 0.937. The molecule has 0 aliphatic heterocycles. The number of fused-ring (bicyclic) bond motifs is 1. The van der Waals surface area contributed by atoms with Crippen molar-refractivity contribution in [3.8, 4) is 22.9 Å².